The molecule has 0 unspecified atom stereocenters. The maximum atomic E-state index is 11.9. The fraction of sp³-hybridized carbons (Fsp3) is 0.632. The summed E-state index contributed by atoms with van der Waals surface area (Å²) >= 11 is 0. The molecule has 2 N–H and O–H groups in total. The summed E-state index contributed by atoms with van der Waals surface area (Å²) in [7, 11) is 1.64. The number of methoxy groups -OCH3 is 1. The Morgan fingerprint density at radius 3 is 2.44 bits per heavy atom. The lowest BCUT2D eigenvalue weighted by molar-refractivity contribution is -0.123. The molecule has 1 amide bonds. The van der Waals surface area contributed by atoms with E-state index < -0.39 is 6.10 Å². The van der Waals surface area contributed by atoms with E-state index in [4.69, 9.17) is 4.74 Å². The van der Waals surface area contributed by atoms with E-state index in [1.165, 1.54) is 0 Å². The summed E-state index contributed by atoms with van der Waals surface area (Å²) in [4.78, 5) is 16.4. The normalized spacial score (nSPS) is 21.6. The van der Waals surface area contributed by atoms with Crippen molar-refractivity contribution in [1.29, 1.82) is 0 Å². The molecule has 1 aromatic carbocycles. The molecule has 1 aliphatic carbocycles. The molecule has 0 spiro atoms. The standard InChI is InChI=1S/C19H29N3O3/c1-14(19(24)15-3-7-17(25-2)8-4-15)22-11-9-21(10-12-22)13-18(23)20-16-5-6-16/h3-4,7-8,14,16,19,24H,5-6,9-13H2,1-2H3,(H,20,23)/t14-,19-/m0/s1. The lowest BCUT2D eigenvalue weighted by Crippen LogP contribution is -2.53. The van der Waals surface area contributed by atoms with Crippen molar-refractivity contribution in [3.05, 3.63) is 29.8 Å². The van der Waals surface area contributed by atoms with Crippen molar-refractivity contribution in [2.24, 2.45) is 0 Å². The van der Waals surface area contributed by atoms with E-state index in [-0.39, 0.29) is 11.9 Å². The largest absolute Gasteiger partial charge is 0.497 e. The number of nitrogens with one attached hydrogen (secondary N) is 1. The van der Waals surface area contributed by atoms with Crippen molar-refractivity contribution in [2.75, 3.05) is 39.8 Å². The second-order valence-corrected chi connectivity index (χ2v) is 7.11. The zero-order chi connectivity index (χ0) is 17.8. The van der Waals surface area contributed by atoms with Gasteiger partial charge in [-0.2, -0.15) is 0 Å². The fourth-order valence-corrected chi connectivity index (χ4v) is 3.31. The summed E-state index contributed by atoms with van der Waals surface area (Å²) in [6.45, 7) is 6.00. The molecule has 2 atom stereocenters. The second-order valence-electron chi connectivity index (χ2n) is 7.11. The summed E-state index contributed by atoms with van der Waals surface area (Å²) in [6.07, 6.45) is 1.72. The topological polar surface area (TPSA) is 65.0 Å². The van der Waals surface area contributed by atoms with E-state index in [0.717, 1.165) is 50.3 Å². The first-order valence-corrected chi connectivity index (χ1v) is 9.14. The Morgan fingerprint density at radius 1 is 1.24 bits per heavy atom. The fourth-order valence-electron chi connectivity index (χ4n) is 3.31. The van der Waals surface area contributed by atoms with E-state index in [1.54, 1.807) is 7.11 Å². The summed E-state index contributed by atoms with van der Waals surface area (Å²) in [5.41, 5.74) is 0.902. The molecule has 3 rings (SSSR count). The van der Waals surface area contributed by atoms with Crippen LogP contribution in [0.1, 0.15) is 31.4 Å². The molecule has 6 nitrogen and oxygen atoms in total. The van der Waals surface area contributed by atoms with Gasteiger partial charge in [0.2, 0.25) is 5.91 Å². The van der Waals surface area contributed by atoms with Crippen molar-refractivity contribution < 1.29 is 14.6 Å². The molecule has 1 saturated heterocycles. The van der Waals surface area contributed by atoms with Crippen molar-refractivity contribution in [2.45, 2.75) is 38.0 Å². The number of benzene rings is 1. The molecule has 1 aliphatic heterocycles. The minimum atomic E-state index is -0.532. The minimum absolute atomic E-state index is 0.0378. The first kappa shape index (κ1) is 18.2. The molecule has 0 aromatic heterocycles. The molecule has 1 aromatic rings. The van der Waals surface area contributed by atoms with Crippen LogP contribution in [0.25, 0.3) is 0 Å². The van der Waals surface area contributed by atoms with Gasteiger partial charge in [0.25, 0.3) is 0 Å². The van der Waals surface area contributed by atoms with Crippen LogP contribution in [-0.2, 0) is 4.79 Å². The highest BCUT2D eigenvalue weighted by Crippen LogP contribution is 2.24. The van der Waals surface area contributed by atoms with Crippen LogP contribution < -0.4 is 10.1 Å². The Kier molecular flexibility index (Phi) is 5.93. The number of amides is 1. The van der Waals surface area contributed by atoms with Crippen LogP contribution in [-0.4, -0.2) is 72.7 Å². The number of carbonyl (C=O) groups excluding carboxylic acids is 1. The quantitative estimate of drug-likeness (QED) is 0.771. The summed E-state index contributed by atoms with van der Waals surface area (Å²) < 4.78 is 5.17. The van der Waals surface area contributed by atoms with Gasteiger partial charge in [0.15, 0.2) is 0 Å². The van der Waals surface area contributed by atoms with Gasteiger partial charge in [0.05, 0.1) is 19.8 Å². The number of rotatable bonds is 7. The van der Waals surface area contributed by atoms with Crippen molar-refractivity contribution >= 4 is 5.91 Å². The van der Waals surface area contributed by atoms with Gasteiger partial charge in [-0.15, -0.1) is 0 Å². The van der Waals surface area contributed by atoms with Crippen LogP contribution in [0.15, 0.2) is 24.3 Å². The maximum absolute atomic E-state index is 11.9. The summed E-state index contributed by atoms with van der Waals surface area (Å²) in [5, 5.41) is 13.7. The second kappa shape index (κ2) is 8.17. The Hall–Kier alpha value is -1.63. The number of carbonyl (C=O) groups is 1. The van der Waals surface area contributed by atoms with Crippen LogP contribution >= 0.6 is 0 Å². The highest BCUT2D eigenvalue weighted by molar-refractivity contribution is 5.78. The van der Waals surface area contributed by atoms with E-state index in [9.17, 15) is 9.90 Å². The first-order valence-electron chi connectivity index (χ1n) is 9.14. The molecule has 0 bridgehead atoms. The SMILES string of the molecule is COc1ccc([C@@H](O)[C@H](C)N2CCN(CC(=O)NC3CC3)CC2)cc1. The lowest BCUT2D eigenvalue weighted by atomic mass is 10.0. The number of aliphatic hydroxyl groups excluding tert-OH is 1. The highest BCUT2D eigenvalue weighted by Gasteiger charge is 2.28. The van der Waals surface area contributed by atoms with E-state index in [2.05, 4.69) is 22.0 Å². The van der Waals surface area contributed by atoms with E-state index >= 15 is 0 Å². The van der Waals surface area contributed by atoms with Crippen LogP contribution in [0.5, 0.6) is 5.75 Å². The third kappa shape index (κ3) is 4.93. The Balaban J connectivity index is 1.46. The average molecular weight is 347 g/mol. The van der Waals surface area contributed by atoms with Crippen molar-refractivity contribution in [1.82, 2.24) is 15.1 Å². The molecule has 2 aliphatic rings. The zero-order valence-electron chi connectivity index (χ0n) is 15.1. The van der Waals surface area contributed by atoms with Crippen LogP contribution in [0.2, 0.25) is 0 Å². The number of ether oxygens (including phenoxy) is 1. The number of hydrogen-bond acceptors (Lipinski definition) is 5. The highest BCUT2D eigenvalue weighted by atomic mass is 16.5. The van der Waals surface area contributed by atoms with Gasteiger partial charge in [-0.1, -0.05) is 12.1 Å². The molecule has 138 valence electrons. The molecule has 2 fully saturated rings. The third-order valence-electron chi connectivity index (χ3n) is 5.21. The zero-order valence-corrected chi connectivity index (χ0v) is 15.1. The van der Waals surface area contributed by atoms with E-state index in [0.29, 0.717) is 12.6 Å². The number of nitrogens with zero attached hydrogens (tertiary/aromatic N) is 2. The molecular weight excluding hydrogens is 318 g/mol. The summed E-state index contributed by atoms with van der Waals surface area (Å²) in [5.74, 6) is 0.934. The summed E-state index contributed by atoms with van der Waals surface area (Å²) in [6, 6.07) is 8.05. The lowest BCUT2D eigenvalue weighted by Gasteiger charge is -2.39. The van der Waals surface area contributed by atoms with Gasteiger partial charge in [-0.05, 0) is 37.5 Å². The van der Waals surface area contributed by atoms with Gasteiger partial charge in [0.1, 0.15) is 5.75 Å². The Morgan fingerprint density at radius 2 is 1.88 bits per heavy atom. The van der Waals surface area contributed by atoms with Crippen LogP contribution in [0, 0.1) is 0 Å². The maximum Gasteiger partial charge on any atom is 0.234 e. The number of hydrogen-bond donors (Lipinski definition) is 2. The van der Waals surface area contributed by atoms with Crippen LogP contribution in [0.3, 0.4) is 0 Å². The van der Waals surface area contributed by atoms with Gasteiger partial charge < -0.3 is 15.2 Å². The predicted molar refractivity (Wildman–Crippen MR) is 96.6 cm³/mol. The molecule has 1 saturated carbocycles. The van der Waals surface area contributed by atoms with Gasteiger partial charge in [-0.25, -0.2) is 0 Å². The number of aliphatic hydroxyl groups is 1. The van der Waals surface area contributed by atoms with Gasteiger partial charge >= 0.3 is 0 Å². The monoisotopic (exact) mass is 347 g/mol. The minimum Gasteiger partial charge on any atom is -0.497 e. The van der Waals surface area contributed by atoms with Gasteiger partial charge in [-0.3, -0.25) is 14.6 Å². The predicted octanol–water partition coefficient (Wildman–Crippen LogP) is 1.01. The molecule has 0 radical (unpaired) electrons. The van der Waals surface area contributed by atoms with Crippen LogP contribution in [0.4, 0.5) is 0 Å². The smallest absolute Gasteiger partial charge is 0.234 e. The first-order chi connectivity index (χ1) is 12.1. The van der Waals surface area contributed by atoms with Gasteiger partial charge in [0, 0.05) is 38.3 Å². The molecular formula is C19H29N3O3. The Bertz CT molecular complexity index is 566. The third-order valence-corrected chi connectivity index (χ3v) is 5.21. The Labute approximate surface area is 149 Å². The average Bonchev–Trinajstić information content (AvgIpc) is 3.45. The molecule has 1 heterocycles. The van der Waals surface area contributed by atoms with Crippen molar-refractivity contribution in [3.63, 3.8) is 0 Å². The van der Waals surface area contributed by atoms with E-state index in [1.807, 2.05) is 24.3 Å². The number of piperazine rings is 1. The molecule has 25 heavy (non-hydrogen) atoms. The van der Waals surface area contributed by atoms with Crippen molar-refractivity contribution in [3.8, 4) is 5.75 Å². The molecule has 6 heteroatoms.